The molecule has 2 aliphatic heterocycles. The van der Waals surface area contributed by atoms with Gasteiger partial charge in [-0.15, -0.1) is 0 Å². The van der Waals surface area contributed by atoms with Gasteiger partial charge in [0.15, 0.2) is 12.2 Å². The quantitative estimate of drug-likeness (QED) is 0.254. The second-order valence-electron chi connectivity index (χ2n) is 10.3. The predicted molar refractivity (Wildman–Crippen MR) is 152 cm³/mol. The van der Waals surface area contributed by atoms with Crippen LogP contribution in [-0.4, -0.2) is 70.1 Å². The molecule has 12 heteroatoms. The standard InChI is InChI=1S/C31H30N4O8/c1-31(40)23(42-29(38)22-15-9-4-10-16-22)18-32-43-27(31)26-25(33-24(36)17-20-11-5-2-6-12-20)28(37)35(26)34-30(39)41-19-21-13-7-3-8-14-21/h2-16,18,23,25-27,40H,17,19H2,1H3,(H,33,36)(H,34,39)/t23-,25-,26-,27+,31-/m1/s1. The third kappa shape index (κ3) is 6.65. The molecule has 5 rings (SSSR count). The van der Waals surface area contributed by atoms with Crippen molar-refractivity contribution in [3.8, 4) is 0 Å². The van der Waals surface area contributed by atoms with Crippen LogP contribution in [0, 0.1) is 0 Å². The van der Waals surface area contributed by atoms with E-state index in [4.69, 9.17) is 14.3 Å². The van der Waals surface area contributed by atoms with Crippen molar-refractivity contribution >= 4 is 30.1 Å². The summed E-state index contributed by atoms with van der Waals surface area (Å²) in [5, 5.41) is 19.0. The number of hydrogen-bond donors (Lipinski definition) is 3. The minimum atomic E-state index is -1.95. The third-order valence-electron chi connectivity index (χ3n) is 7.17. The van der Waals surface area contributed by atoms with E-state index in [1.165, 1.54) is 6.92 Å². The van der Waals surface area contributed by atoms with Crippen molar-refractivity contribution in [2.24, 2.45) is 5.16 Å². The normalized spacial score (nSPS) is 24.2. The lowest BCUT2D eigenvalue weighted by molar-refractivity contribution is -0.207. The second kappa shape index (κ2) is 12.7. The molecule has 0 bridgehead atoms. The Kier molecular flexibility index (Phi) is 8.67. The maximum Gasteiger partial charge on any atom is 0.426 e. The Morgan fingerprint density at radius 1 is 0.953 bits per heavy atom. The zero-order valence-electron chi connectivity index (χ0n) is 23.2. The number of nitrogens with one attached hydrogen (secondary N) is 2. The fraction of sp³-hybridized carbons (Fsp3) is 0.258. The van der Waals surface area contributed by atoms with E-state index >= 15 is 0 Å². The molecule has 0 unspecified atom stereocenters. The van der Waals surface area contributed by atoms with Gasteiger partial charge in [-0.2, -0.15) is 0 Å². The van der Waals surface area contributed by atoms with Crippen LogP contribution in [0.15, 0.2) is 96.2 Å². The van der Waals surface area contributed by atoms with Crippen LogP contribution in [0.3, 0.4) is 0 Å². The number of esters is 1. The number of oxime groups is 1. The van der Waals surface area contributed by atoms with Crippen LogP contribution in [-0.2, 0) is 36.9 Å². The van der Waals surface area contributed by atoms with Crippen molar-refractivity contribution in [3.63, 3.8) is 0 Å². The first-order chi connectivity index (χ1) is 20.7. The molecule has 3 aromatic carbocycles. The molecule has 1 fully saturated rings. The first kappa shape index (κ1) is 29.3. The number of benzene rings is 3. The van der Waals surface area contributed by atoms with Gasteiger partial charge in [0.2, 0.25) is 5.91 Å². The first-order valence-electron chi connectivity index (χ1n) is 13.6. The molecule has 1 saturated heterocycles. The molecular weight excluding hydrogens is 556 g/mol. The van der Waals surface area contributed by atoms with Crippen molar-refractivity contribution in [1.82, 2.24) is 15.8 Å². The number of ether oxygens (including phenoxy) is 2. The lowest BCUT2D eigenvalue weighted by Gasteiger charge is -2.52. The Morgan fingerprint density at radius 3 is 2.21 bits per heavy atom. The number of carbonyl (C=O) groups is 4. The molecule has 5 atom stereocenters. The molecule has 43 heavy (non-hydrogen) atoms. The molecule has 2 heterocycles. The number of nitrogens with zero attached hydrogens (tertiary/aromatic N) is 2. The van der Waals surface area contributed by atoms with Crippen molar-refractivity contribution in [2.75, 3.05) is 0 Å². The first-order valence-corrected chi connectivity index (χ1v) is 13.6. The lowest BCUT2D eigenvalue weighted by atomic mass is 9.80. The Morgan fingerprint density at radius 2 is 1.56 bits per heavy atom. The van der Waals surface area contributed by atoms with E-state index < -0.39 is 53.8 Å². The van der Waals surface area contributed by atoms with E-state index in [-0.39, 0.29) is 18.6 Å². The van der Waals surface area contributed by atoms with Crippen molar-refractivity contribution < 1.29 is 38.6 Å². The monoisotopic (exact) mass is 586 g/mol. The number of amides is 3. The summed E-state index contributed by atoms with van der Waals surface area (Å²) in [6.07, 6.45) is -2.46. The maximum absolute atomic E-state index is 13.2. The van der Waals surface area contributed by atoms with Gasteiger partial charge in [0.1, 0.15) is 24.3 Å². The van der Waals surface area contributed by atoms with E-state index in [1.54, 1.807) is 78.9 Å². The highest BCUT2D eigenvalue weighted by molar-refractivity contribution is 5.95. The molecule has 0 spiro atoms. The Bertz CT molecular complexity index is 1480. The molecule has 2 aliphatic rings. The van der Waals surface area contributed by atoms with Crippen LogP contribution in [0.25, 0.3) is 0 Å². The van der Waals surface area contributed by atoms with Gasteiger partial charge >= 0.3 is 12.1 Å². The Balaban J connectivity index is 1.33. The van der Waals surface area contributed by atoms with Crippen LogP contribution in [0.5, 0.6) is 0 Å². The molecule has 222 valence electrons. The number of carbonyl (C=O) groups excluding carboxylic acids is 4. The molecule has 0 aromatic heterocycles. The summed E-state index contributed by atoms with van der Waals surface area (Å²) in [7, 11) is 0. The second-order valence-corrected chi connectivity index (χ2v) is 10.3. The fourth-order valence-electron chi connectivity index (χ4n) is 4.85. The summed E-state index contributed by atoms with van der Waals surface area (Å²) in [5.74, 6) is -1.85. The number of aliphatic hydroxyl groups is 1. The summed E-state index contributed by atoms with van der Waals surface area (Å²) in [6.45, 7) is 1.29. The smallest absolute Gasteiger partial charge is 0.426 e. The van der Waals surface area contributed by atoms with Gasteiger partial charge in [-0.3, -0.25) is 9.59 Å². The average Bonchev–Trinajstić information content (AvgIpc) is 3.02. The van der Waals surface area contributed by atoms with Crippen LogP contribution in [0.2, 0.25) is 0 Å². The summed E-state index contributed by atoms with van der Waals surface area (Å²) in [4.78, 5) is 57.1. The highest BCUT2D eigenvalue weighted by Gasteiger charge is 2.62. The molecule has 3 N–H and O–H groups in total. The van der Waals surface area contributed by atoms with Gasteiger partial charge in [0, 0.05) is 0 Å². The minimum absolute atomic E-state index is 0.0126. The number of β-lactam (4-membered cyclic amide) rings is 1. The molecular formula is C31H30N4O8. The SMILES string of the molecule is C[C@@]1(O)[C@H](OC(=O)c2ccccc2)C=NO[C@H]1[C@H]1[C@@H](NC(=O)Cc2ccccc2)C(=O)N1NC(=O)OCc1ccccc1. The third-order valence-corrected chi connectivity index (χ3v) is 7.17. The average molecular weight is 587 g/mol. The highest BCUT2D eigenvalue weighted by Crippen LogP contribution is 2.34. The summed E-state index contributed by atoms with van der Waals surface area (Å²) < 4.78 is 10.8. The Hall–Kier alpha value is -5.23. The van der Waals surface area contributed by atoms with Gasteiger partial charge < -0.3 is 24.7 Å². The van der Waals surface area contributed by atoms with Crippen LogP contribution in [0.1, 0.15) is 28.4 Å². The number of rotatable bonds is 9. The number of hydrazine groups is 1. The minimum Gasteiger partial charge on any atom is -0.450 e. The van der Waals surface area contributed by atoms with E-state index in [9.17, 15) is 24.3 Å². The maximum atomic E-state index is 13.2. The van der Waals surface area contributed by atoms with Gasteiger partial charge in [-0.25, -0.2) is 20.0 Å². The summed E-state index contributed by atoms with van der Waals surface area (Å²) in [6, 6.07) is 23.7. The van der Waals surface area contributed by atoms with Crippen molar-refractivity contribution in [2.45, 2.75) is 49.8 Å². The highest BCUT2D eigenvalue weighted by atomic mass is 16.7. The molecule has 0 aliphatic carbocycles. The number of hydrogen-bond acceptors (Lipinski definition) is 9. The predicted octanol–water partition coefficient (Wildman–Crippen LogP) is 2.13. The lowest BCUT2D eigenvalue weighted by Crippen LogP contribution is -2.81. The fourth-order valence-corrected chi connectivity index (χ4v) is 4.85. The summed E-state index contributed by atoms with van der Waals surface area (Å²) in [5.41, 5.74) is 2.13. The Labute approximate surface area is 247 Å². The largest absolute Gasteiger partial charge is 0.450 e. The van der Waals surface area contributed by atoms with E-state index in [1.807, 2.05) is 12.1 Å². The summed E-state index contributed by atoms with van der Waals surface area (Å²) >= 11 is 0. The van der Waals surface area contributed by atoms with Gasteiger partial charge in [-0.1, -0.05) is 84.0 Å². The zero-order chi connectivity index (χ0) is 30.4. The van der Waals surface area contributed by atoms with Crippen molar-refractivity contribution in [1.29, 1.82) is 0 Å². The van der Waals surface area contributed by atoms with Crippen LogP contribution >= 0.6 is 0 Å². The molecule has 12 nitrogen and oxygen atoms in total. The van der Waals surface area contributed by atoms with Gasteiger partial charge in [0.05, 0.1) is 18.2 Å². The zero-order valence-corrected chi connectivity index (χ0v) is 23.2. The van der Waals surface area contributed by atoms with Crippen LogP contribution in [0.4, 0.5) is 4.79 Å². The van der Waals surface area contributed by atoms with Gasteiger partial charge in [-0.05, 0) is 30.2 Å². The molecule has 3 amide bonds. The van der Waals surface area contributed by atoms with E-state index in [2.05, 4.69) is 15.9 Å². The van der Waals surface area contributed by atoms with Crippen molar-refractivity contribution in [3.05, 3.63) is 108 Å². The molecule has 0 saturated carbocycles. The van der Waals surface area contributed by atoms with E-state index in [0.717, 1.165) is 22.4 Å². The van der Waals surface area contributed by atoms with Gasteiger partial charge in [0.25, 0.3) is 5.91 Å². The van der Waals surface area contributed by atoms with E-state index in [0.29, 0.717) is 0 Å². The molecule has 3 aromatic rings. The molecule has 0 radical (unpaired) electrons. The van der Waals surface area contributed by atoms with Crippen LogP contribution < -0.4 is 10.7 Å². The topological polar surface area (TPSA) is 156 Å².